The van der Waals surface area contributed by atoms with Gasteiger partial charge < -0.3 is 9.88 Å². The van der Waals surface area contributed by atoms with Gasteiger partial charge in [0.2, 0.25) is 5.91 Å². The molecule has 1 N–H and O–H groups in total. The molecule has 5 nitrogen and oxygen atoms in total. The first-order chi connectivity index (χ1) is 11.1. The van der Waals surface area contributed by atoms with Crippen LogP contribution in [0.1, 0.15) is 24.0 Å². The normalized spacial score (nSPS) is 11.0. The third kappa shape index (κ3) is 3.62. The van der Waals surface area contributed by atoms with Gasteiger partial charge in [-0.1, -0.05) is 18.2 Å². The Balaban J connectivity index is 1.50. The van der Waals surface area contributed by atoms with Gasteiger partial charge in [-0.25, -0.2) is 0 Å². The number of carbonyl (C=O) groups is 1. The number of nitrogens with zero attached hydrogens (tertiary/aromatic N) is 3. The van der Waals surface area contributed by atoms with Crippen LogP contribution in [-0.2, 0) is 24.8 Å². The molecule has 0 fully saturated rings. The van der Waals surface area contributed by atoms with Crippen molar-refractivity contribution in [2.45, 2.75) is 25.8 Å². The van der Waals surface area contributed by atoms with Crippen molar-refractivity contribution in [1.29, 1.82) is 0 Å². The van der Waals surface area contributed by atoms with E-state index in [4.69, 9.17) is 0 Å². The van der Waals surface area contributed by atoms with Gasteiger partial charge in [0.05, 0.1) is 6.20 Å². The quantitative estimate of drug-likeness (QED) is 0.761. The molecule has 0 aliphatic heterocycles. The average Bonchev–Trinajstić information content (AvgIpc) is 3.14. The molecule has 2 aromatic heterocycles. The number of H-pyrrole nitrogens is 1. The summed E-state index contributed by atoms with van der Waals surface area (Å²) in [7, 11) is 3.73. The first-order valence-electron chi connectivity index (χ1n) is 7.90. The number of para-hydroxylation sites is 1. The standard InChI is InChI=1S/C18H22N4O/c1-21(12-14-10-20-22(2)13-14)18(23)9-5-6-15-11-19-17-8-4-3-7-16(15)17/h3-4,7-8,10-11,13,19H,5-6,9,12H2,1-2H3. The number of rotatable bonds is 6. The zero-order chi connectivity index (χ0) is 16.2. The minimum atomic E-state index is 0.175. The highest BCUT2D eigenvalue weighted by Gasteiger charge is 2.11. The van der Waals surface area contributed by atoms with Gasteiger partial charge in [-0.3, -0.25) is 9.48 Å². The topological polar surface area (TPSA) is 53.9 Å². The SMILES string of the molecule is CN(Cc1cnn(C)c1)C(=O)CCCc1c[nH]c2ccccc12. The van der Waals surface area contributed by atoms with E-state index in [1.807, 2.05) is 32.4 Å². The van der Waals surface area contributed by atoms with Crippen LogP contribution in [0.15, 0.2) is 42.9 Å². The Bertz CT molecular complexity index is 802. The molecular weight excluding hydrogens is 288 g/mol. The third-order valence-corrected chi connectivity index (χ3v) is 4.12. The molecule has 0 aliphatic rings. The van der Waals surface area contributed by atoms with E-state index < -0.39 is 0 Å². The number of nitrogens with one attached hydrogen (secondary N) is 1. The molecule has 0 saturated carbocycles. The summed E-state index contributed by atoms with van der Waals surface area (Å²) in [5.74, 6) is 0.175. The molecule has 1 amide bonds. The van der Waals surface area contributed by atoms with Crippen LogP contribution in [0.4, 0.5) is 0 Å². The lowest BCUT2D eigenvalue weighted by atomic mass is 10.1. The second kappa shape index (κ2) is 6.69. The van der Waals surface area contributed by atoms with Crippen LogP contribution < -0.4 is 0 Å². The highest BCUT2D eigenvalue weighted by molar-refractivity contribution is 5.83. The molecular formula is C18H22N4O. The van der Waals surface area contributed by atoms with Crippen LogP contribution in [0, 0.1) is 0 Å². The second-order valence-electron chi connectivity index (χ2n) is 5.99. The Morgan fingerprint density at radius 1 is 1.35 bits per heavy atom. The number of benzene rings is 1. The Kier molecular flexibility index (Phi) is 4.46. The monoisotopic (exact) mass is 310 g/mol. The Hall–Kier alpha value is -2.56. The van der Waals surface area contributed by atoms with Crippen molar-refractivity contribution in [1.82, 2.24) is 19.7 Å². The summed E-state index contributed by atoms with van der Waals surface area (Å²) in [6.45, 7) is 0.611. The first kappa shape index (κ1) is 15.3. The maximum absolute atomic E-state index is 12.2. The van der Waals surface area contributed by atoms with E-state index >= 15 is 0 Å². The molecule has 23 heavy (non-hydrogen) atoms. The van der Waals surface area contributed by atoms with Crippen molar-refractivity contribution in [3.63, 3.8) is 0 Å². The zero-order valence-electron chi connectivity index (χ0n) is 13.6. The summed E-state index contributed by atoms with van der Waals surface area (Å²) in [6, 6.07) is 8.27. The maximum atomic E-state index is 12.2. The smallest absolute Gasteiger partial charge is 0.222 e. The van der Waals surface area contributed by atoms with Gasteiger partial charge in [-0.2, -0.15) is 5.10 Å². The lowest BCUT2D eigenvalue weighted by molar-refractivity contribution is -0.130. The van der Waals surface area contributed by atoms with E-state index in [0.717, 1.165) is 23.9 Å². The summed E-state index contributed by atoms with van der Waals surface area (Å²) in [5.41, 5.74) is 3.49. The minimum Gasteiger partial charge on any atom is -0.361 e. The van der Waals surface area contributed by atoms with E-state index in [9.17, 15) is 4.79 Å². The number of aromatic nitrogens is 3. The number of hydrogen-bond donors (Lipinski definition) is 1. The minimum absolute atomic E-state index is 0.175. The number of hydrogen-bond acceptors (Lipinski definition) is 2. The molecule has 0 unspecified atom stereocenters. The van der Waals surface area contributed by atoms with Gasteiger partial charge >= 0.3 is 0 Å². The highest BCUT2D eigenvalue weighted by Crippen LogP contribution is 2.19. The number of aromatic amines is 1. The lowest BCUT2D eigenvalue weighted by Crippen LogP contribution is -2.25. The summed E-state index contributed by atoms with van der Waals surface area (Å²) in [6.07, 6.45) is 8.13. The van der Waals surface area contributed by atoms with Crippen molar-refractivity contribution < 1.29 is 4.79 Å². The van der Waals surface area contributed by atoms with E-state index in [-0.39, 0.29) is 5.91 Å². The lowest BCUT2D eigenvalue weighted by Gasteiger charge is -2.16. The van der Waals surface area contributed by atoms with E-state index in [2.05, 4.69) is 28.4 Å². The van der Waals surface area contributed by atoms with Gasteiger partial charge in [0, 0.05) is 55.9 Å². The summed E-state index contributed by atoms with van der Waals surface area (Å²) in [4.78, 5) is 17.3. The van der Waals surface area contributed by atoms with Gasteiger partial charge in [-0.05, 0) is 24.5 Å². The predicted molar refractivity (Wildman–Crippen MR) is 90.9 cm³/mol. The molecule has 0 bridgehead atoms. The van der Waals surface area contributed by atoms with Crippen LogP contribution in [0.3, 0.4) is 0 Å². The maximum Gasteiger partial charge on any atom is 0.222 e. The fraction of sp³-hybridized carbons (Fsp3) is 0.333. The van der Waals surface area contributed by atoms with E-state index in [1.54, 1.807) is 15.8 Å². The Labute approximate surface area is 135 Å². The van der Waals surface area contributed by atoms with Crippen molar-refractivity contribution in [2.75, 3.05) is 7.05 Å². The molecule has 2 heterocycles. The Morgan fingerprint density at radius 3 is 2.96 bits per heavy atom. The molecule has 120 valence electrons. The molecule has 0 radical (unpaired) electrons. The molecule has 5 heteroatoms. The van der Waals surface area contributed by atoms with Crippen molar-refractivity contribution >= 4 is 16.8 Å². The van der Waals surface area contributed by atoms with Crippen LogP contribution in [0.25, 0.3) is 10.9 Å². The van der Waals surface area contributed by atoms with Crippen LogP contribution in [0.2, 0.25) is 0 Å². The van der Waals surface area contributed by atoms with Crippen molar-refractivity contribution in [3.05, 3.63) is 54.0 Å². The summed E-state index contributed by atoms with van der Waals surface area (Å²) < 4.78 is 1.75. The average molecular weight is 310 g/mol. The van der Waals surface area contributed by atoms with E-state index in [0.29, 0.717) is 13.0 Å². The van der Waals surface area contributed by atoms with Crippen molar-refractivity contribution in [2.24, 2.45) is 7.05 Å². The highest BCUT2D eigenvalue weighted by atomic mass is 16.2. The molecule has 0 spiro atoms. The molecule has 3 rings (SSSR count). The molecule has 0 atom stereocenters. The summed E-state index contributed by atoms with van der Waals surface area (Å²) >= 11 is 0. The van der Waals surface area contributed by atoms with E-state index in [1.165, 1.54) is 10.9 Å². The van der Waals surface area contributed by atoms with Gasteiger partial charge in [0.15, 0.2) is 0 Å². The number of carbonyl (C=O) groups excluding carboxylic acids is 1. The second-order valence-corrected chi connectivity index (χ2v) is 5.99. The molecule has 3 aromatic rings. The van der Waals surface area contributed by atoms with Crippen LogP contribution >= 0.6 is 0 Å². The molecule has 0 aliphatic carbocycles. The van der Waals surface area contributed by atoms with Gasteiger partial charge in [-0.15, -0.1) is 0 Å². The van der Waals surface area contributed by atoms with Crippen LogP contribution in [0.5, 0.6) is 0 Å². The molecule has 1 aromatic carbocycles. The predicted octanol–water partition coefficient (Wildman–Crippen LogP) is 2.88. The fourth-order valence-electron chi connectivity index (χ4n) is 2.87. The molecule has 0 saturated heterocycles. The van der Waals surface area contributed by atoms with Crippen LogP contribution in [-0.4, -0.2) is 32.6 Å². The fourth-order valence-corrected chi connectivity index (χ4v) is 2.87. The third-order valence-electron chi connectivity index (χ3n) is 4.12. The Morgan fingerprint density at radius 2 is 2.17 bits per heavy atom. The first-order valence-corrected chi connectivity index (χ1v) is 7.90. The zero-order valence-corrected chi connectivity index (χ0v) is 13.6. The number of fused-ring (bicyclic) bond motifs is 1. The van der Waals surface area contributed by atoms with Gasteiger partial charge in [0.25, 0.3) is 0 Å². The number of amides is 1. The van der Waals surface area contributed by atoms with Crippen molar-refractivity contribution in [3.8, 4) is 0 Å². The largest absolute Gasteiger partial charge is 0.361 e. The number of aryl methyl sites for hydroxylation is 2. The van der Waals surface area contributed by atoms with Gasteiger partial charge in [0.1, 0.15) is 0 Å². The summed E-state index contributed by atoms with van der Waals surface area (Å²) in [5, 5.41) is 5.38.